The standard InChI is InChI=1S/C5H12N2O3/c6-2-3(7)4(8)1-5(9)10/h3-4,8H,1-2,6-7H2,(H,9,10). The number of hydrogen-bond donors (Lipinski definition) is 4. The van der Waals surface area contributed by atoms with Crippen LogP contribution in [0.1, 0.15) is 6.42 Å². The molecule has 5 nitrogen and oxygen atoms in total. The Balaban J connectivity index is 3.61. The monoisotopic (exact) mass is 148 g/mol. The van der Waals surface area contributed by atoms with Crippen LogP contribution in [0.15, 0.2) is 0 Å². The molecule has 0 aliphatic heterocycles. The largest absolute Gasteiger partial charge is 0.481 e. The molecule has 0 aliphatic carbocycles. The van der Waals surface area contributed by atoms with Crippen LogP contribution >= 0.6 is 0 Å². The van der Waals surface area contributed by atoms with E-state index < -0.39 is 18.1 Å². The molecule has 0 bridgehead atoms. The average molecular weight is 148 g/mol. The van der Waals surface area contributed by atoms with Gasteiger partial charge in [-0.2, -0.15) is 0 Å². The summed E-state index contributed by atoms with van der Waals surface area (Å²) < 4.78 is 0. The Kier molecular flexibility index (Phi) is 3.94. The molecule has 0 aromatic rings. The maximum Gasteiger partial charge on any atom is 0.306 e. The molecule has 60 valence electrons. The highest BCUT2D eigenvalue weighted by atomic mass is 16.4. The van der Waals surface area contributed by atoms with Gasteiger partial charge in [-0.15, -0.1) is 0 Å². The lowest BCUT2D eigenvalue weighted by Gasteiger charge is -2.13. The van der Waals surface area contributed by atoms with Crippen molar-refractivity contribution >= 4 is 5.97 Å². The summed E-state index contributed by atoms with van der Waals surface area (Å²) in [5.41, 5.74) is 10.3. The summed E-state index contributed by atoms with van der Waals surface area (Å²) in [7, 11) is 0. The van der Waals surface area contributed by atoms with Gasteiger partial charge in [0, 0.05) is 12.6 Å². The predicted molar refractivity (Wildman–Crippen MR) is 35.3 cm³/mol. The minimum atomic E-state index is -1.07. The van der Waals surface area contributed by atoms with Gasteiger partial charge >= 0.3 is 5.97 Å². The Morgan fingerprint density at radius 3 is 2.40 bits per heavy atom. The summed E-state index contributed by atoms with van der Waals surface area (Å²) >= 11 is 0. The summed E-state index contributed by atoms with van der Waals surface area (Å²) in [6.07, 6.45) is -1.39. The maximum atomic E-state index is 9.97. The molecule has 0 radical (unpaired) electrons. The molecule has 0 spiro atoms. The van der Waals surface area contributed by atoms with Crippen LogP contribution < -0.4 is 11.5 Å². The molecule has 0 aromatic carbocycles. The Labute approximate surface area is 58.6 Å². The molecule has 0 amide bonds. The number of aliphatic hydroxyl groups excluding tert-OH is 1. The molecule has 6 N–H and O–H groups in total. The van der Waals surface area contributed by atoms with E-state index in [2.05, 4.69) is 0 Å². The SMILES string of the molecule is NCC(N)C(O)CC(=O)O. The van der Waals surface area contributed by atoms with Crippen LogP contribution in [0.2, 0.25) is 0 Å². The Bertz CT molecular complexity index is 117. The third kappa shape index (κ3) is 3.39. The van der Waals surface area contributed by atoms with Gasteiger partial charge < -0.3 is 21.7 Å². The summed E-state index contributed by atoms with van der Waals surface area (Å²) in [6, 6.07) is -0.643. The van der Waals surface area contributed by atoms with E-state index in [0.717, 1.165) is 0 Å². The summed E-state index contributed by atoms with van der Waals surface area (Å²) in [5, 5.41) is 17.1. The van der Waals surface area contributed by atoms with Crippen LogP contribution in [-0.2, 0) is 4.79 Å². The van der Waals surface area contributed by atoms with Crippen molar-refractivity contribution in [1.82, 2.24) is 0 Å². The number of aliphatic hydroxyl groups is 1. The van der Waals surface area contributed by atoms with E-state index in [4.69, 9.17) is 21.7 Å². The molecule has 0 fully saturated rings. The first-order valence-electron chi connectivity index (χ1n) is 2.93. The van der Waals surface area contributed by atoms with Crippen molar-refractivity contribution in [3.63, 3.8) is 0 Å². The van der Waals surface area contributed by atoms with Crippen LogP contribution in [0.3, 0.4) is 0 Å². The fourth-order valence-electron chi connectivity index (χ4n) is 0.487. The fourth-order valence-corrected chi connectivity index (χ4v) is 0.487. The van der Waals surface area contributed by atoms with Gasteiger partial charge in [-0.05, 0) is 0 Å². The van der Waals surface area contributed by atoms with Gasteiger partial charge in [-0.1, -0.05) is 0 Å². The number of aliphatic carboxylic acids is 1. The lowest BCUT2D eigenvalue weighted by molar-refractivity contribution is -0.139. The highest BCUT2D eigenvalue weighted by Crippen LogP contribution is 1.94. The van der Waals surface area contributed by atoms with Gasteiger partial charge in [-0.3, -0.25) is 4.79 Å². The molecule has 5 heteroatoms. The Morgan fingerprint density at radius 2 is 2.10 bits per heavy atom. The third-order valence-corrected chi connectivity index (χ3v) is 1.15. The summed E-state index contributed by atoms with van der Waals surface area (Å²) in [4.78, 5) is 9.97. The van der Waals surface area contributed by atoms with E-state index in [-0.39, 0.29) is 13.0 Å². The zero-order valence-electron chi connectivity index (χ0n) is 5.53. The van der Waals surface area contributed by atoms with E-state index in [1.165, 1.54) is 0 Å². The first-order chi connectivity index (χ1) is 4.57. The van der Waals surface area contributed by atoms with Crippen LogP contribution in [0.25, 0.3) is 0 Å². The normalized spacial score (nSPS) is 16.3. The minimum absolute atomic E-state index is 0.0917. The number of carbonyl (C=O) groups is 1. The first-order valence-corrected chi connectivity index (χ1v) is 2.93. The van der Waals surface area contributed by atoms with Gasteiger partial charge in [0.1, 0.15) is 0 Å². The summed E-state index contributed by atoms with van der Waals surface area (Å²) in [5.74, 6) is -1.07. The zero-order valence-corrected chi connectivity index (χ0v) is 5.53. The predicted octanol–water partition coefficient (Wildman–Crippen LogP) is -1.89. The van der Waals surface area contributed by atoms with Gasteiger partial charge in [0.25, 0.3) is 0 Å². The number of carboxylic acid groups (broad SMARTS) is 1. The van der Waals surface area contributed by atoms with Crippen molar-refractivity contribution in [3.05, 3.63) is 0 Å². The second-order valence-electron chi connectivity index (χ2n) is 2.06. The number of hydrogen-bond acceptors (Lipinski definition) is 4. The van der Waals surface area contributed by atoms with Crippen molar-refractivity contribution in [2.75, 3.05) is 6.54 Å². The van der Waals surface area contributed by atoms with Gasteiger partial charge in [0.2, 0.25) is 0 Å². The maximum absolute atomic E-state index is 9.97. The Hall–Kier alpha value is -0.650. The molecular weight excluding hydrogens is 136 g/mol. The van der Waals surface area contributed by atoms with Crippen molar-refractivity contribution in [3.8, 4) is 0 Å². The summed E-state index contributed by atoms with van der Waals surface area (Å²) in [6.45, 7) is 0.0917. The van der Waals surface area contributed by atoms with Gasteiger partial charge in [0.15, 0.2) is 0 Å². The molecular formula is C5H12N2O3. The van der Waals surface area contributed by atoms with E-state index in [9.17, 15) is 4.79 Å². The highest BCUT2D eigenvalue weighted by molar-refractivity contribution is 5.67. The number of rotatable bonds is 4. The molecule has 0 heterocycles. The van der Waals surface area contributed by atoms with Crippen LogP contribution in [0.4, 0.5) is 0 Å². The van der Waals surface area contributed by atoms with E-state index in [0.29, 0.717) is 0 Å². The molecule has 2 atom stereocenters. The molecule has 0 rings (SSSR count). The molecule has 0 saturated heterocycles. The average Bonchev–Trinajstić information content (AvgIpc) is 1.85. The van der Waals surface area contributed by atoms with E-state index >= 15 is 0 Å². The van der Waals surface area contributed by atoms with Crippen molar-refractivity contribution < 1.29 is 15.0 Å². The smallest absolute Gasteiger partial charge is 0.306 e. The van der Waals surface area contributed by atoms with Crippen molar-refractivity contribution in [2.45, 2.75) is 18.6 Å². The second kappa shape index (κ2) is 4.21. The van der Waals surface area contributed by atoms with Crippen LogP contribution in [0.5, 0.6) is 0 Å². The van der Waals surface area contributed by atoms with Crippen molar-refractivity contribution in [1.29, 1.82) is 0 Å². The topological polar surface area (TPSA) is 110 Å². The highest BCUT2D eigenvalue weighted by Gasteiger charge is 2.15. The lowest BCUT2D eigenvalue weighted by Crippen LogP contribution is -2.42. The van der Waals surface area contributed by atoms with Crippen LogP contribution in [0, 0.1) is 0 Å². The van der Waals surface area contributed by atoms with E-state index in [1.807, 2.05) is 0 Å². The zero-order chi connectivity index (χ0) is 8.15. The number of nitrogens with two attached hydrogens (primary N) is 2. The molecule has 10 heavy (non-hydrogen) atoms. The molecule has 0 aliphatic rings. The van der Waals surface area contributed by atoms with Crippen molar-refractivity contribution in [2.24, 2.45) is 11.5 Å². The van der Waals surface area contributed by atoms with Crippen LogP contribution in [-0.4, -0.2) is 34.9 Å². The quantitative estimate of drug-likeness (QED) is 0.372. The fraction of sp³-hybridized carbons (Fsp3) is 0.800. The molecule has 0 aromatic heterocycles. The second-order valence-corrected chi connectivity index (χ2v) is 2.06. The first kappa shape index (κ1) is 9.35. The molecule has 2 unspecified atom stereocenters. The Morgan fingerprint density at radius 1 is 1.60 bits per heavy atom. The van der Waals surface area contributed by atoms with E-state index in [1.54, 1.807) is 0 Å². The lowest BCUT2D eigenvalue weighted by atomic mass is 10.1. The number of carboxylic acids is 1. The minimum Gasteiger partial charge on any atom is -0.481 e. The van der Waals surface area contributed by atoms with Gasteiger partial charge in [-0.25, -0.2) is 0 Å². The van der Waals surface area contributed by atoms with Gasteiger partial charge in [0.05, 0.1) is 12.5 Å². The third-order valence-electron chi connectivity index (χ3n) is 1.15. The molecule has 0 saturated carbocycles.